The van der Waals surface area contributed by atoms with Crippen molar-refractivity contribution in [1.82, 2.24) is 9.38 Å². The van der Waals surface area contributed by atoms with Crippen molar-refractivity contribution in [3.8, 4) is 11.1 Å². The SMILES string of the molecule is O=c1nc(N[C@@H]2CC[C@H]2O)n2ccc(C(F)(F)F)cc2c1-c1ccccc1F. The Kier molecular flexibility index (Phi) is 4.34. The molecule has 4 rings (SSSR count). The van der Waals surface area contributed by atoms with Crippen LogP contribution in [0.25, 0.3) is 16.6 Å². The average Bonchev–Trinajstić information content (AvgIpc) is 2.64. The average molecular weight is 393 g/mol. The van der Waals surface area contributed by atoms with E-state index < -0.39 is 29.2 Å². The van der Waals surface area contributed by atoms with Gasteiger partial charge >= 0.3 is 6.18 Å². The van der Waals surface area contributed by atoms with Crippen LogP contribution < -0.4 is 10.9 Å². The van der Waals surface area contributed by atoms with Gasteiger partial charge in [0.25, 0.3) is 5.56 Å². The number of nitrogens with zero attached hydrogens (tertiary/aromatic N) is 2. The molecule has 1 saturated carbocycles. The number of pyridine rings is 1. The highest BCUT2D eigenvalue weighted by molar-refractivity contribution is 5.81. The van der Waals surface area contributed by atoms with Crippen molar-refractivity contribution in [2.24, 2.45) is 0 Å². The summed E-state index contributed by atoms with van der Waals surface area (Å²) < 4.78 is 55.3. The normalized spacial score (nSPS) is 19.5. The largest absolute Gasteiger partial charge is 0.416 e. The van der Waals surface area contributed by atoms with Crippen LogP contribution in [0.2, 0.25) is 0 Å². The number of benzene rings is 1. The van der Waals surface area contributed by atoms with Gasteiger partial charge in [0.05, 0.1) is 28.8 Å². The molecule has 28 heavy (non-hydrogen) atoms. The quantitative estimate of drug-likeness (QED) is 0.669. The minimum Gasteiger partial charge on any atom is -0.391 e. The molecule has 0 aliphatic heterocycles. The number of aliphatic hydroxyl groups excluding tert-OH is 1. The fraction of sp³-hybridized carbons (Fsp3) is 0.263. The zero-order valence-electron chi connectivity index (χ0n) is 14.4. The molecule has 2 aromatic heterocycles. The number of halogens is 4. The molecule has 9 heteroatoms. The molecule has 1 fully saturated rings. The van der Waals surface area contributed by atoms with Gasteiger partial charge < -0.3 is 10.4 Å². The van der Waals surface area contributed by atoms with Crippen molar-refractivity contribution in [1.29, 1.82) is 0 Å². The fourth-order valence-electron chi connectivity index (χ4n) is 3.20. The maximum atomic E-state index is 14.3. The lowest BCUT2D eigenvalue weighted by Crippen LogP contribution is -2.43. The van der Waals surface area contributed by atoms with E-state index in [4.69, 9.17) is 0 Å². The second-order valence-electron chi connectivity index (χ2n) is 6.66. The predicted octanol–water partition coefficient (Wildman–Crippen LogP) is 3.45. The first-order chi connectivity index (χ1) is 13.3. The lowest BCUT2D eigenvalue weighted by molar-refractivity contribution is -0.137. The molecule has 3 aromatic rings. The number of hydrogen-bond donors (Lipinski definition) is 2. The van der Waals surface area contributed by atoms with Crippen molar-refractivity contribution in [3.05, 3.63) is 64.3 Å². The van der Waals surface area contributed by atoms with E-state index in [0.717, 1.165) is 24.4 Å². The molecule has 0 unspecified atom stereocenters. The molecule has 2 heterocycles. The summed E-state index contributed by atoms with van der Waals surface area (Å²) in [6, 6.07) is 6.64. The number of aliphatic hydroxyl groups is 1. The first-order valence-electron chi connectivity index (χ1n) is 8.59. The maximum Gasteiger partial charge on any atom is 0.416 e. The fourth-order valence-corrected chi connectivity index (χ4v) is 3.20. The van der Waals surface area contributed by atoms with Crippen LogP contribution in [0.4, 0.5) is 23.5 Å². The highest BCUT2D eigenvalue weighted by Crippen LogP contribution is 2.33. The van der Waals surface area contributed by atoms with Gasteiger partial charge in [-0.15, -0.1) is 0 Å². The smallest absolute Gasteiger partial charge is 0.391 e. The third-order valence-corrected chi connectivity index (χ3v) is 4.88. The van der Waals surface area contributed by atoms with Crippen LogP contribution in [0, 0.1) is 5.82 Å². The zero-order chi connectivity index (χ0) is 20.1. The molecular formula is C19H15F4N3O2. The Labute approximate surface area is 156 Å². The minimum atomic E-state index is -4.63. The summed E-state index contributed by atoms with van der Waals surface area (Å²) in [7, 11) is 0. The van der Waals surface area contributed by atoms with Gasteiger partial charge in [0.15, 0.2) is 0 Å². The molecule has 1 aliphatic rings. The van der Waals surface area contributed by atoms with Gasteiger partial charge in [0.1, 0.15) is 5.82 Å². The Morgan fingerprint density at radius 2 is 1.93 bits per heavy atom. The van der Waals surface area contributed by atoms with Crippen molar-refractivity contribution in [3.63, 3.8) is 0 Å². The van der Waals surface area contributed by atoms with Crippen molar-refractivity contribution < 1.29 is 22.7 Å². The van der Waals surface area contributed by atoms with Crippen LogP contribution in [-0.2, 0) is 6.18 Å². The number of aromatic nitrogens is 2. The van der Waals surface area contributed by atoms with E-state index in [9.17, 15) is 27.5 Å². The molecule has 5 nitrogen and oxygen atoms in total. The Hall–Kier alpha value is -2.94. The van der Waals surface area contributed by atoms with Gasteiger partial charge in [-0.2, -0.15) is 18.2 Å². The van der Waals surface area contributed by atoms with Gasteiger partial charge in [-0.3, -0.25) is 9.20 Å². The lowest BCUT2D eigenvalue weighted by atomic mass is 9.89. The van der Waals surface area contributed by atoms with Crippen molar-refractivity contribution in [2.45, 2.75) is 31.2 Å². The highest BCUT2D eigenvalue weighted by atomic mass is 19.4. The van der Waals surface area contributed by atoms with Gasteiger partial charge in [-0.25, -0.2) is 4.39 Å². The number of fused-ring (bicyclic) bond motifs is 1. The summed E-state index contributed by atoms with van der Waals surface area (Å²) >= 11 is 0. The number of anilines is 1. The molecule has 2 atom stereocenters. The summed E-state index contributed by atoms with van der Waals surface area (Å²) in [5.74, 6) is -0.742. The summed E-state index contributed by atoms with van der Waals surface area (Å²) in [5, 5.41) is 12.6. The van der Waals surface area contributed by atoms with E-state index >= 15 is 0 Å². The second-order valence-corrected chi connectivity index (χ2v) is 6.66. The van der Waals surface area contributed by atoms with E-state index in [1.54, 1.807) is 0 Å². The van der Waals surface area contributed by atoms with Gasteiger partial charge in [-0.05, 0) is 31.0 Å². The third-order valence-electron chi connectivity index (χ3n) is 4.88. The van der Waals surface area contributed by atoms with Crippen molar-refractivity contribution >= 4 is 11.5 Å². The van der Waals surface area contributed by atoms with Crippen LogP contribution in [0.15, 0.2) is 47.4 Å². The monoisotopic (exact) mass is 393 g/mol. The Morgan fingerprint density at radius 3 is 2.54 bits per heavy atom. The number of rotatable bonds is 3. The molecule has 1 aromatic carbocycles. The molecule has 0 amide bonds. The minimum absolute atomic E-state index is 0.00226. The van der Waals surface area contributed by atoms with E-state index in [-0.39, 0.29) is 28.6 Å². The Bertz CT molecular complexity index is 1110. The highest BCUT2D eigenvalue weighted by Gasteiger charge is 2.33. The zero-order valence-corrected chi connectivity index (χ0v) is 14.4. The Morgan fingerprint density at radius 1 is 1.18 bits per heavy atom. The Balaban J connectivity index is 1.99. The number of alkyl halides is 3. The van der Waals surface area contributed by atoms with E-state index in [2.05, 4.69) is 10.3 Å². The summed E-state index contributed by atoms with van der Waals surface area (Å²) in [5.41, 5.74) is -2.35. The first kappa shape index (κ1) is 18.4. The van der Waals surface area contributed by atoms with Crippen LogP contribution in [0.1, 0.15) is 18.4 Å². The third kappa shape index (κ3) is 3.11. The standard InChI is InChI=1S/C19H15F4N3O2/c20-12-4-2-1-3-11(12)16-14-9-10(19(21,22)23)7-8-26(14)18(25-17(16)28)24-13-5-6-15(13)27/h1-4,7-9,13,15,27H,5-6H2,(H,24,25,28)/t13-,15-/m1/s1. The van der Waals surface area contributed by atoms with Gasteiger partial charge in [-0.1, -0.05) is 18.2 Å². The second kappa shape index (κ2) is 6.59. The maximum absolute atomic E-state index is 14.3. The molecule has 0 spiro atoms. The lowest BCUT2D eigenvalue weighted by Gasteiger charge is -2.33. The topological polar surface area (TPSA) is 66.6 Å². The molecule has 0 bridgehead atoms. The summed E-state index contributed by atoms with van der Waals surface area (Å²) in [4.78, 5) is 16.6. The van der Waals surface area contributed by atoms with E-state index in [0.29, 0.717) is 12.8 Å². The molecular weight excluding hydrogens is 378 g/mol. The molecule has 0 radical (unpaired) electrons. The van der Waals surface area contributed by atoms with Crippen LogP contribution in [0.3, 0.4) is 0 Å². The summed E-state index contributed by atoms with van der Waals surface area (Å²) in [6.07, 6.45) is -2.92. The molecule has 1 aliphatic carbocycles. The predicted molar refractivity (Wildman–Crippen MR) is 94.5 cm³/mol. The molecule has 0 saturated heterocycles. The van der Waals surface area contributed by atoms with Crippen molar-refractivity contribution in [2.75, 3.05) is 5.32 Å². The molecule has 2 N–H and O–H groups in total. The van der Waals surface area contributed by atoms with Crippen LogP contribution >= 0.6 is 0 Å². The first-order valence-corrected chi connectivity index (χ1v) is 8.59. The number of nitrogens with one attached hydrogen (secondary N) is 1. The van der Waals surface area contributed by atoms with E-state index in [1.807, 2.05) is 0 Å². The van der Waals surface area contributed by atoms with Crippen LogP contribution in [-0.4, -0.2) is 26.6 Å². The summed E-state index contributed by atoms with van der Waals surface area (Å²) in [6.45, 7) is 0. The van der Waals surface area contributed by atoms with E-state index in [1.165, 1.54) is 22.6 Å². The number of hydrogen-bond acceptors (Lipinski definition) is 4. The van der Waals surface area contributed by atoms with Crippen LogP contribution in [0.5, 0.6) is 0 Å². The van der Waals surface area contributed by atoms with Gasteiger partial charge in [0, 0.05) is 11.8 Å². The molecule has 146 valence electrons. The van der Waals surface area contributed by atoms with Gasteiger partial charge in [0.2, 0.25) is 5.95 Å².